The molecule has 2 aromatic heterocycles. The second kappa shape index (κ2) is 8.39. The Morgan fingerprint density at radius 1 is 1.07 bits per heavy atom. The maximum atomic E-state index is 12.1. The predicted octanol–water partition coefficient (Wildman–Crippen LogP) is 5.09. The molecule has 144 valence electrons. The number of nitrogens with one attached hydrogen (secondary N) is 2. The van der Waals surface area contributed by atoms with Crippen molar-refractivity contribution in [1.82, 2.24) is 10.2 Å². The van der Waals surface area contributed by atoms with Crippen molar-refractivity contribution in [1.29, 1.82) is 0 Å². The van der Waals surface area contributed by atoms with Crippen molar-refractivity contribution >= 4 is 33.9 Å². The second-order valence-corrected chi connectivity index (χ2v) is 8.03. The molecule has 0 spiro atoms. The highest BCUT2D eigenvalue weighted by molar-refractivity contribution is 7.14. The van der Waals surface area contributed by atoms with Crippen LogP contribution in [-0.2, 0) is 0 Å². The third-order valence-corrected chi connectivity index (χ3v) is 5.72. The standard InChI is InChI=1S/C21H23N5OS/c1-15-9-11-26(12-10-15)19-8-7-18(24-25-19)16-4-2-5-17(14-16)22-21(27)23-20-6-3-13-28-20/h2-8,13-15H,9-12H2,1H3,(H2,22,23,27). The quantitative estimate of drug-likeness (QED) is 0.648. The van der Waals surface area contributed by atoms with Gasteiger partial charge in [0.15, 0.2) is 5.82 Å². The predicted molar refractivity (Wildman–Crippen MR) is 115 cm³/mol. The average molecular weight is 394 g/mol. The SMILES string of the molecule is CC1CCN(c2ccc(-c3cccc(NC(=O)Nc4cccs4)c3)nn2)CC1. The summed E-state index contributed by atoms with van der Waals surface area (Å²) in [6.45, 7) is 4.37. The lowest BCUT2D eigenvalue weighted by atomic mass is 9.99. The molecule has 0 radical (unpaired) electrons. The van der Waals surface area contributed by atoms with Crippen molar-refractivity contribution in [2.75, 3.05) is 28.6 Å². The minimum atomic E-state index is -0.264. The molecule has 1 aliphatic heterocycles. The molecule has 2 N–H and O–H groups in total. The zero-order valence-electron chi connectivity index (χ0n) is 15.8. The van der Waals surface area contributed by atoms with Gasteiger partial charge in [0, 0.05) is 24.3 Å². The zero-order chi connectivity index (χ0) is 19.3. The summed E-state index contributed by atoms with van der Waals surface area (Å²) >= 11 is 1.48. The Balaban J connectivity index is 1.43. The van der Waals surface area contributed by atoms with E-state index < -0.39 is 0 Å². The Morgan fingerprint density at radius 2 is 1.93 bits per heavy atom. The van der Waals surface area contributed by atoms with E-state index in [-0.39, 0.29) is 6.03 Å². The van der Waals surface area contributed by atoms with E-state index in [4.69, 9.17) is 0 Å². The van der Waals surface area contributed by atoms with Crippen molar-refractivity contribution in [3.63, 3.8) is 0 Å². The number of benzene rings is 1. The van der Waals surface area contributed by atoms with Crippen molar-refractivity contribution in [2.45, 2.75) is 19.8 Å². The summed E-state index contributed by atoms with van der Waals surface area (Å²) in [7, 11) is 0. The largest absolute Gasteiger partial charge is 0.355 e. The van der Waals surface area contributed by atoms with Crippen LogP contribution in [-0.4, -0.2) is 29.3 Å². The van der Waals surface area contributed by atoms with Crippen LogP contribution in [0.25, 0.3) is 11.3 Å². The lowest BCUT2D eigenvalue weighted by Crippen LogP contribution is -2.33. The van der Waals surface area contributed by atoms with E-state index in [2.05, 4.69) is 32.7 Å². The van der Waals surface area contributed by atoms with E-state index in [1.165, 1.54) is 24.2 Å². The first-order chi connectivity index (χ1) is 13.7. The second-order valence-electron chi connectivity index (χ2n) is 7.08. The van der Waals surface area contributed by atoms with E-state index in [1.807, 2.05) is 53.9 Å². The van der Waals surface area contributed by atoms with E-state index >= 15 is 0 Å². The van der Waals surface area contributed by atoms with Crippen LogP contribution in [0.5, 0.6) is 0 Å². The third-order valence-electron chi connectivity index (χ3n) is 4.93. The molecule has 3 heterocycles. The topological polar surface area (TPSA) is 70.2 Å². The van der Waals surface area contributed by atoms with Crippen LogP contribution in [0, 0.1) is 5.92 Å². The minimum Gasteiger partial charge on any atom is -0.355 e. The van der Waals surface area contributed by atoms with Gasteiger partial charge in [-0.1, -0.05) is 19.1 Å². The summed E-state index contributed by atoms with van der Waals surface area (Å²) in [5.74, 6) is 1.72. The van der Waals surface area contributed by atoms with Crippen LogP contribution in [0.4, 0.5) is 21.3 Å². The Hall–Kier alpha value is -2.93. The van der Waals surface area contributed by atoms with Crippen LogP contribution in [0.1, 0.15) is 19.8 Å². The van der Waals surface area contributed by atoms with Crippen LogP contribution >= 0.6 is 11.3 Å². The molecule has 3 aromatic rings. The highest BCUT2D eigenvalue weighted by Crippen LogP contribution is 2.24. The van der Waals surface area contributed by atoms with E-state index in [9.17, 15) is 4.79 Å². The minimum absolute atomic E-state index is 0.264. The maximum absolute atomic E-state index is 12.1. The maximum Gasteiger partial charge on any atom is 0.324 e. The van der Waals surface area contributed by atoms with Gasteiger partial charge in [-0.05, 0) is 60.5 Å². The lowest BCUT2D eigenvalue weighted by Gasteiger charge is -2.30. The first-order valence-electron chi connectivity index (χ1n) is 9.48. The molecule has 1 fully saturated rings. The van der Waals surface area contributed by atoms with Crippen molar-refractivity contribution in [3.8, 4) is 11.3 Å². The summed E-state index contributed by atoms with van der Waals surface area (Å²) in [6, 6.07) is 15.1. The Labute approximate surface area is 168 Å². The number of nitrogens with zero attached hydrogens (tertiary/aromatic N) is 3. The Morgan fingerprint density at radius 3 is 2.64 bits per heavy atom. The van der Waals surface area contributed by atoms with E-state index in [1.54, 1.807) is 0 Å². The van der Waals surface area contributed by atoms with Crippen molar-refractivity contribution < 1.29 is 4.79 Å². The molecule has 1 aliphatic rings. The fourth-order valence-electron chi connectivity index (χ4n) is 3.27. The average Bonchev–Trinajstić information content (AvgIpc) is 3.22. The smallest absolute Gasteiger partial charge is 0.324 e. The Kier molecular flexibility index (Phi) is 5.53. The molecular formula is C21H23N5OS. The Bertz CT molecular complexity index is 918. The van der Waals surface area contributed by atoms with Crippen LogP contribution in [0.15, 0.2) is 53.9 Å². The van der Waals surface area contributed by atoms with Gasteiger partial charge in [-0.25, -0.2) is 4.79 Å². The summed E-state index contributed by atoms with van der Waals surface area (Å²) in [5.41, 5.74) is 2.42. The zero-order valence-corrected chi connectivity index (χ0v) is 16.6. The molecule has 2 amide bonds. The molecule has 7 heteroatoms. The molecule has 0 atom stereocenters. The number of hydrogen-bond acceptors (Lipinski definition) is 5. The normalized spacial score (nSPS) is 14.7. The summed E-state index contributed by atoms with van der Waals surface area (Å²) in [4.78, 5) is 14.4. The highest BCUT2D eigenvalue weighted by atomic mass is 32.1. The number of rotatable bonds is 4. The monoisotopic (exact) mass is 393 g/mol. The van der Waals surface area contributed by atoms with E-state index in [0.717, 1.165) is 41.1 Å². The number of amides is 2. The summed E-state index contributed by atoms with van der Waals surface area (Å²) < 4.78 is 0. The molecule has 0 bridgehead atoms. The van der Waals surface area contributed by atoms with Gasteiger partial charge in [-0.2, -0.15) is 0 Å². The lowest BCUT2D eigenvalue weighted by molar-refractivity contribution is 0.262. The molecule has 0 saturated carbocycles. The molecule has 0 aliphatic carbocycles. The fraction of sp³-hybridized carbons (Fsp3) is 0.286. The van der Waals surface area contributed by atoms with E-state index in [0.29, 0.717) is 5.69 Å². The van der Waals surface area contributed by atoms with Crippen molar-refractivity contribution in [3.05, 3.63) is 53.9 Å². The number of carbonyl (C=O) groups is 1. The third kappa shape index (κ3) is 4.48. The summed E-state index contributed by atoms with van der Waals surface area (Å²) in [5, 5.41) is 17.2. The number of anilines is 3. The first-order valence-corrected chi connectivity index (χ1v) is 10.4. The molecule has 6 nitrogen and oxygen atoms in total. The van der Waals surface area contributed by atoms with Gasteiger partial charge >= 0.3 is 6.03 Å². The number of hydrogen-bond donors (Lipinski definition) is 2. The molecule has 4 rings (SSSR count). The molecular weight excluding hydrogens is 370 g/mol. The van der Waals surface area contributed by atoms with Gasteiger partial charge in [-0.3, -0.25) is 5.32 Å². The molecule has 1 saturated heterocycles. The van der Waals surface area contributed by atoms with Crippen LogP contribution in [0.3, 0.4) is 0 Å². The van der Waals surface area contributed by atoms with Gasteiger partial charge in [0.05, 0.1) is 10.7 Å². The first kappa shape index (κ1) is 18.4. The highest BCUT2D eigenvalue weighted by Gasteiger charge is 2.17. The van der Waals surface area contributed by atoms with Gasteiger partial charge in [0.25, 0.3) is 0 Å². The molecule has 28 heavy (non-hydrogen) atoms. The molecule has 0 unspecified atom stereocenters. The fourth-order valence-corrected chi connectivity index (χ4v) is 3.88. The summed E-state index contributed by atoms with van der Waals surface area (Å²) in [6.07, 6.45) is 2.40. The molecule has 1 aromatic carbocycles. The van der Waals surface area contributed by atoms with Gasteiger partial charge in [0.2, 0.25) is 0 Å². The van der Waals surface area contributed by atoms with Gasteiger partial charge in [-0.15, -0.1) is 21.5 Å². The van der Waals surface area contributed by atoms with Crippen LogP contribution in [0.2, 0.25) is 0 Å². The number of carbonyl (C=O) groups excluding carboxylic acids is 1. The number of urea groups is 1. The van der Waals surface area contributed by atoms with Crippen molar-refractivity contribution in [2.24, 2.45) is 5.92 Å². The van der Waals surface area contributed by atoms with Crippen LogP contribution < -0.4 is 15.5 Å². The number of thiophene rings is 1. The number of aromatic nitrogens is 2. The van der Waals surface area contributed by atoms with Gasteiger partial charge < -0.3 is 10.2 Å². The number of piperidine rings is 1. The van der Waals surface area contributed by atoms with Gasteiger partial charge in [0.1, 0.15) is 0 Å².